The molecule has 2 N–H and O–H groups in total. The number of fused-ring (bicyclic) bond motifs is 1. The summed E-state index contributed by atoms with van der Waals surface area (Å²) in [5, 5.41) is 2.60. The molecule has 0 saturated heterocycles. The molecule has 0 radical (unpaired) electrons. The fraction of sp³-hybridized carbons (Fsp3) is 0.138. The van der Waals surface area contributed by atoms with Crippen LogP contribution in [0.1, 0.15) is 11.3 Å². The van der Waals surface area contributed by atoms with Crippen LogP contribution in [0.5, 0.6) is 0 Å². The molecule has 0 unspecified atom stereocenters. The van der Waals surface area contributed by atoms with E-state index in [2.05, 4.69) is 105 Å². The van der Waals surface area contributed by atoms with Crippen molar-refractivity contribution in [3.63, 3.8) is 0 Å². The van der Waals surface area contributed by atoms with Gasteiger partial charge in [-0.2, -0.15) is 0 Å². The third-order valence-corrected chi connectivity index (χ3v) is 7.00. The first-order valence-corrected chi connectivity index (χ1v) is 13.4. The monoisotopic (exact) mass is 526 g/mol. The molecule has 0 aliphatic heterocycles. The maximum Gasteiger partial charge on any atom is 0.229 e. The van der Waals surface area contributed by atoms with Crippen molar-refractivity contribution in [1.82, 2.24) is 9.97 Å². The van der Waals surface area contributed by atoms with Crippen molar-refractivity contribution in [2.75, 3.05) is 24.7 Å². The van der Waals surface area contributed by atoms with Crippen LogP contribution in [0.25, 0.3) is 15.5 Å². The number of pyridine rings is 1. The zero-order valence-electron chi connectivity index (χ0n) is 21.6. The number of hydrogen-bond acceptors (Lipinski definition) is 6. The minimum atomic E-state index is -3.80. The Bertz CT molecular complexity index is 1620. The molecule has 194 valence electrons. The predicted octanol–water partition coefficient (Wildman–Crippen LogP) is 5.00. The summed E-state index contributed by atoms with van der Waals surface area (Å²) in [5.74, 6) is -0.0770. The molecule has 8 nitrogen and oxygen atoms in total. The van der Waals surface area contributed by atoms with E-state index in [0.717, 1.165) is 6.54 Å². The Balaban J connectivity index is 0.000000178. The van der Waals surface area contributed by atoms with Gasteiger partial charge in [0.05, 0.1) is 4.90 Å². The summed E-state index contributed by atoms with van der Waals surface area (Å²) in [4.78, 5) is 9.87. The van der Waals surface area contributed by atoms with Crippen LogP contribution in [0.3, 0.4) is 0 Å². The summed E-state index contributed by atoms with van der Waals surface area (Å²) < 4.78 is 29.6. The van der Waals surface area contributed by atoms with E-state index in [9.17, 15) is 8.42 Å². The maximum absolute atomic E-state index is 11.9. The summed E-state index contributed by atoms with van der Waals surface area (Å²) in [7, 11) is 0.315. The molecule has 0 fully saturated rings. The molecule has 9 heteroatoms. The van der Waals surface area contributed by atoms with Crippen LogP contribution < -0.4 is 15.2 Å². The first kappa shape index (κ1) is 26.6. The highest BCUT2D eigenvalue weighted by molar-refractivity contribution is 7.94. The van der Waals surface area contributed by atoms with E-state index in [0.29, 0.717) is 11.4 Å². The van der Waals surface area contributed by atoms with E-state index < -0.39 is 10.0 Å². The lowest BCUT2D eigenvalue weighted by atomic mass is 10.1. The van der Waals surface area contributed by atoms with Crippen molar-refractivity contribution in [1.29, 1.82) is 0 Å². The van der Waals surface area contributed by atoms with Gasteiger partial charge in [0.2, 0.25) is 10.0 Å². The van der Waals surface area contributed by atoms with Gasteiger partial charge in [-0.05, 0) is 59.9 Å². The summed E-state index contributed by atoms with van der Waals surface area (Å²) in [6.45, 7) is 2.63. The molecule has 5 rings (SSSR count). The molecule has 5 aromatic rings. The van der Waals surface area contributed by atoms with Crippen LogP contribution in [-0.4, -0.2) is 32.5 Å². The molecule has 0 amide bonds. The Morgan fingerprint density at radius 1 is 0.895 bits per heavy atom. The van der Waals surface area contributed by atoms with Gasteiger partial charge in [-0.1, -0.05) is 42.5 Å². The van der Waals surface area contributed by atoms with Crippen LogP contribution in [0.15, 0.2) is 108 Å². The third kappa shape index (κ3) is 7.04. The van der Waals surface area contributed by atoms with Crippen molar-refractivity contribution < 1.29 is 13.0 Å². The Morgan fingerprint density at radius 2 is 1.58 bits per heavy atom. The van der Waals surface area contributed by atoms with Gasteiger partial charge in [-0.3, -0.25) is 4.72 Å². The topological polar surface area (TPSA) is 107 Å². The van der Waals surface area contributed by atoms with Crippen molar-refractivity contribution in [2.45, 2.75) is 18.4 Å². The highest BCUT2D eigenvalue weighted by atomic mass is 32.2. The average Bonchev–Trinajstić information content (AvgIpc) is 2.89. The molecule has 38 heavy (non-hydrogen) atoms. The van der Waals surface area contributed by atoms with Gasteiger partial charge in [-0.15, -0.1) is 0 Å². The number of aryl methyl sites for hydroxylation is 1. The van der Waals surface area contributed by atoms with Crippen molar-refractivity contribution in [2.24, 2.45) is 0 Å². The van der Waals surface area contributed by atoms with Gasteiger partial charge >= 0.3 is 0 Å². The van der Waals surface area contributed by atoms with E-state index in [1.165, 1.54) is 52.5 Å². The van der Waals surface area contributed by atoms with Gasteiger partial charge in [0.1, 0.15) is 0 Å². The van der Waals surface area contributed by atoms with Crippen molar-refractivity contribution >= 4 is 38.1 Å². The average molecular weight is 527 g/mol. The first-order valence-electron chi connectivity index (χ1n) is 12.0. The second-order valence-electron chi connectivity index (χ2n) is 8.94. The van der Waals surface area contributed by atoms with Crippen molar-refractivity contribution in [3.05, 3.63) is 119 Å². The number of hydrogen-bond donors (Lipinski definition) is 1. The van der Waals surface area contributed by atoms with Gasteiger partial charge in [-0.25, -0.2) is 13.0 Å². The lowest BCUT2D eigenvalue weighted by molar-refractivity contribution is -0.688. The van der Waals surface area contributed by atoms with E-state index in [1.54, 1.807) is 13.0 Å². The van der Waals surface area contributed by atoms with E-state index >= 15 is 0 Å². The second-order valence-corrected chi connectivity index (χ2v) is 10.5. The molecule has 0 spiro atoms. The predicted molar refractivity (Wildman–Crippen MR) is 152 cm³/mol. The number of benzene rings is 3. The Kier molecular flexibility index (Phi) is 8.18. The zero-order chi connectivity index (χ0) is 27.1. The smallest absolute Gasteiger partial charge is 0.229 e. The molecule has 3 aromatic carbocycles. The van der Waals surface area contributed by atoms with E-state index in [-0.39, 0.29) is 10.8 Å². The highest BCUT2D eigenvalue weighted by Gasteiger charge is 2.11. The summed E-state index contributed by atoms with van der Waals surface area (Å²) in [6, 6.07) is 26.9. The van der Waals surface area contributed by atoms with Crippen LogP contribution in [-0.2, 0) is 16.6 Å². The summed E-state index contributed by atoms with van der Waals surface area (Å²) in [5.41, 5.74) is 9.18. The molecule has 2 aromatic heterocycles. The first-order chi connectivity index (χ1) is 18.2. The maximum atomic E-state index is 11.9. The molecule has 0 aliphatic carbocycles. The largest absolute Gasteiger partial charge is 0.399 e. The molecular weight excluding hydrogens is 496 g/mol. The number of aromatic nitrogens is 3. The number of nitrogen functional groups attached to an aromatic ring is 1. The lowest BCUT2D eigenvalue weighted by Crippen LogP contribution is -2.33. The zero-order valence-corrected chi connectivity index (χ0v) is 22.4. The van der Waals surface area contributed by atoms with Crippen LogP contribution >= 0.6 is 0 Å². The molecule has 2 heterocycles. The van der Waals surface area contributed by atoms with E-state index in [1.807, 2.05) is 0 Å². The number of nitrogens with two attached hydrogens (primary N) is 1. The molecule has 0 bridgehead atoms. The van der Waals surface area contributed by atoms with Crippen LogP contribution in [0, 0.1) is 6.92 Å². The third-order valence-electron chi connectivity index (χ3n) is 5.73. The number of nitrogens with zero attached hydrogens (tertiary/aromatic N) is 5. The quantitative estimate of drug-likeness (QED) is 0.246. The SMILES string of the molecule is CN(C)c1cc[n+](Cc2ccc3ccccc3c2)cc1.Cc1ccnc([N-]S(=O)(=O)c2ccc(N)cc2)n1. The van der Waals surface area contributed by atoms with Crippen LogP contribution in [0.2, 0.25) is 0 Å². The lowest BCUT2D eigenvalue weighted by Gasteiger charge is -2.13. The fourth-order valence-corrected chi connectivity index (χ4v) is 4.57. The summed E-state index contributed by atoms with van der Waals surface area (Å²) in [6.07, 6.45) is 5.72. The highest BCUT2D eigenvalue weighted by Crippen LogP contribution is 2.24. The Morgan fingerprint density at radius 3 is 2.24 bits per heavy atom. The van der Waals surface area contributed by atoms with Gasteiger partial charge < -0.3 is 20.6 Å². The molecule has 0 aliphatic rings. The minimum Gasteiger partial charge on any atom is -0.399 e. The van der Waals surface area contributed by atoms with Gasteiger partial charge in [0.15, 0.2) is 18.9 Å². The minimum absolute atomic E-state index is 0.0572. The number of rotatable bonds is 6. The fourth-order valence-electron chi connectivity index (χ4n) is 3.68. The number of sulfonamides is 1. The van der Waals surface area contributed by atoms with Gasteiger partial charge in [0, 0.05) is 49.1 Å². The number of anilines is 2. The molecular formula is C29H30N6O2S. The normalized spacial score (nSPS) is 10.9. The Hall–Kier alpha value is -4.50. The van der Waals surface area contributed by atoms with Crippen LogP contribution in [0.4, 0.5) is 17.3 Å². The van der Waals surface area contributed by atoms with E-state index in [4.69, 9.17) is 5.73 Å². The molecule has 0 atom stereocenters. The Labute approximate surface area is 223 Å². The van der Waals surface area contributed by atoms with Gasteiger partial charge in [0.25, 0.3) is 0 Å². The second kappa shape index (κ2) is 11.7. The van der Waals surface area contributed by atoms with Crippen molar-refractivity contribution in [3.8, 4) is 0 Å². The molecule has 0 saturated carbocycles. The summed E-state index contributed by atoms with van der Waals surface area (Å²) >= 11 is 0. The standard InChI is InChI=1S/C18H19N2.C11H11N4O2S/c1-19(2)18-9-11-20(12-10-18)14-15-7-8-16-5-3-4-6-17(16)13-15;1-8-6-7-13-11(14-8)15-18(16,17)10-4-2-9(12)3-5-10/h3-13H,14H2,1-2H3;2-7H,12H2,1H3/q+1;-1.